The van der Waals surface area contributed by atoms with Gasteiger partial charge >= 0.3 is 6.17 Å². The number of H-pyrrole nitrogens is 1. The van der Waals surface area contributed by atoms with Gasteiger partial charge in [0.1, 0.15) is 6.42 Å². The molecule has 8 heteroatoms. The van der Waals surface area contributed by atoms with Crippen molar-refractivity contribution in [1.29, 1.82) is 0 Å². The highest BCUT2D eigenvalue weighted by molar-refractivity contribution is 6.09. The van der Waals surface area contributed by atoms with Crippen LogP contribution in [-0.2, 0) is 4.79 Å². The second-order valence-electron chi connectivity index (χ2n) is 8.45. The van der Waals surface area contributed by atoms with E-state index >= 15 is 0 Å². The number of likely N-dealkylation sites (tertiary alicyclic amines) is 1. The summed E-state index contributed by atoms with van der Waals surface area (Å²) in [6.45, 7) is 6.31. The number of rotatable bonds is 5. The lowest BCUT2D eigenvalue weighted by molar-refractivity contribution is -0.132. The van der Waals surface area contributed by atoms with E-state index in [1.807, 2.05) is 48.7 Å². The number of fused-ring (bicyclic) bond motifs is 2. The van der Waals surface area contributed by atoms with Gasteiger partial charge in [0.25, 0.3) is 5.92 Å². The van der Waals surface area contributed by atoms with Gasteiger partial charge in [0.05, 0.1) is 12.1 Å². The molecule has 170 valence electrons. The Kier molecular flexibility index (Phi) is 5.33. The van der Waals surface area contributed by atoms with E-state index in [4.69, 9.17) is 6.57 Å². The number of ketones is 1. The van der Waals surface area contributed by atoms with Crippen LogP contribution in [0.1, 0.15) is 29.6 Å². The first-order valence-corrected chi connectivity index (χ1v) is 10.9. The number of Topliss-reactive ketones (excluding diaryl/α,β-unsaturated/α-hetero) is 1. The molecule has 0 radical (unpaired) electrons. The van der Waals surface area contributed by atoms with Gasteiger partial charge in [0, 0.05) is 52.7 Å². The Labute approximate surface area is 194 Å². The molecule has 1 amide bonds. The minimum atomic E-state index is -3.07. The van der Waals surface area contributed by atoms with Crippen LogP contribution in [0.3, 0.4) is 0 Å². The number of alkyl halides is 2. The summed E-state index contributed by atoms with van der Waals surface area (Å²) < 4.78 is 27.3. The lowest BCUT2D eigenvalue weighted by atomic mass is 9.97. The minimum absolute atomic E-state index is 0.137. The van der Waals surface area contributed by atoms with Crippen molar-refractivity contribution in [1.82, 2.24) is 14.9 Å². The molecule has 5 rings (SSSR count). The molecule has 2 aromatic carbocycles. The van der Waals surface area contributed by atoms with E-state index in [1.54, 1.807) is 12.3 Å². The van der Waals surface area contributed by atoms with Crippen molar-refractivity contribution in [2.75, 3.05) is 6.54 Å². The van der Waals surface area contributed by atoms with Crippen molar-refractivity contribution in [3.05, 3.63) is 77.9 Å². The number of hydrogen-bond donors (Lipinski definition) is 1. The maximum atomic E-state index is 13.7. The molecule has 1 aliphatic heterocycles. The van der Waals surface area contributed by atoms with E-state index in [9.17, 15) is 18.4 Å². The fraction of sp³-hybridized carbons (Fsp3) is 0.231. The van der Waals surface area contributed by atoms with Crippen LogP contribution in [0.25, 0.3) is 37.8 Å². The predicted molar refractivity (Wildman–Crippen MR) is 124 cm³/mol. The van der Waals surface area contributed by atoms with Gasteiger partial charge in [-0.25, -0.2) is 15.4 Å². The Balaban J connectivity index is 1.40. The van der Waals surface area contributed by atoms with Crippen molar-refractivity contribution in [2.24, 2.45) is 0 Å². The monoisotopic (exact) mass is 458 g/mol. The van der Waals surface area contributed by atoms with Crippen molar-refractivity contribution < 1.29 is 18.4 Å². The number of pyridine rings is 1. The summed E-state index contributed by atoms with van der Waals surface area (Å²) in [7, 11) is 0. The van der Waals surface area contributed by atoms with E-state index in [2.05, 4.69) is 14.8 Å². The highest BCUT2D eigenvalue weighted by atomic mass is 19.3. The van der Waals surface area contributed by atoms with Gasteiger partial charge in [-0.05, 0) is 29.8 Å². The van der Waals surface area contributed by atoms with Crippen LogP contribution in [0.5, 0.6) is 0 Å². The standard InChI is InChI=1S/C26H20F2N4O2/c1-29-24-13-26(27,28)15-32(24)25(34)9-8-23(33)18-10-11-30-22-7-6-16(12-19(18)22)20-14-31-21-5-3-2-4-17(20)21/h2-7,10-12,14,24,31H,8-9,13,15H2/t24-/m0/s1. The number of benzene rings is 2. The van der Waals surface area contributed by atoms with E-state index in [0.717, 1.165) is 26.9 Å². The number of aromatic amines is 1. The number of nitrogens with zero attached hydrogens (tertiary/aromatic N) is 3. The molecule has 1 saturated heterocycles. The second kappa shape index (κ2) is 8.34. The van der Waals surface area contributed by atoms with Gasteiger partial charge in [-0.15, -0.1) is 0 Å². The van der Waals surface area contributed by atoms with Gasteiger partial charge < -0.3 is 4.98 Å². The van der Waals surface area contributed by atoms with Gasteiger partial charge in [-0.3, -0.25) is 24.3 Å². The predicted octanol–water partition coefficient (Wildman–Crippen LogP) is 5.46. The molecule has 2 aromatic heterocycles. The van der Waals surface area contributed by atoms with E-state index < -0.39 is 31.0 Å². The maximum absolute atomic E-state index is 13.7. The quantitative estimate of drug-likeness (QED) is 0.319. The third kappa shape index (κ3) is 3.90. The van der Waals surface area contributed by atoms with Crippen LogP contribution in [0.15, 0.2) is 60.9 Å². The number of carbonyl (C=O) groups is 2. The molecule has 0 spiro atoms. The molecule has 0 unspecified atom stereocenters. The Morgan fingerprint density at radius 3 is 2.79 bits per heavy atom. The van der Waals surface area contributed by atoms with Gasteiger partial charge in [-0.1, -0.05) is 24.3 Å². The average molecular weight is 458 g/mol. The molecule has 34 heavy (non-hydrogen) atoms. The number of carbonyl (C=O) groups excluding carboxylic acids is 2. The summed E-state index contributed by atoms with van der Waals surface area (Å²) in [5, 5.41) is 1.72. The van der Waals surface area contributed by atoms with Crippen LogP contribution < -0.4 is 0 Å². The van der Waals surface area contributed by atoms with Crippen molar-refractivity contribution in [3.63, 3.8) is 0 Å². The molecule has 0 bridgehead atoms. The first-order chi connectivity index (χ1) is 16.4. The van der Waals surface area contributed by atoms with Crippen molar-refractivity contribution in [3.8, 4) is 11.1 Å². The zero-order valence-corrected chi connectivity index (χ0v) is 18.1. The SMILES string of the molecule is [C-]#[N+][C@@H]1CC(F)(F)CN1C(=O)CCC(=O)c1ccnc2ccc(-c3c[nH]c4ccccc34)cc12. The topological polar surface area (TPSA) is 70.4 Å². The molecule has 1 N–H and O–H groups in total. The van der Waals surface area contributed by atoms with Crippen LogP contribution in [-0.4, -0.2) is 45.2 Å². The summed E-state index contributed by atoms with van der Waals surface area (Å²) in [5.41, 5.74) is 3.99. The Morgan fingerprint density at radius 2 is 1.97 bits per heavy atom. The summed E-state index contributed by atoms with van der Waals surface area (Å²) in [6.07, 6.45) is 1.25. The Morgan fingerprint density at radius 1 is 1.15 bits per heavy atom. The van der Waals surface area contributed by atoms with Crippen LogP contribution in [0.2, 0.25) is 0 Å². The molecule has 0 saturated carbocycles. The zero-order valence-electron chi connectivity index (χ0n) is 18.1. The fourth-order valence-corrected chi connectivity index (χ4v) is 4.53. The third-order valence-corrected chi connectivity index (χ3v) is 6.22. The number of para-hydroxylation sites is 1. The van der Waals surface area contributed by atoms with Crippen LogP contribution >= 0.6 is 0 Å². The number of nitrogens with one attached hydrogen (secondary N) is 1. The van der Waals surface area contributed by atoms with E-state index in [0.29, 0.717) is 16.5 Å². The highest BCUT2D eigenvalue weighted by Gasteiger charge is 2.50. The molecule has 1 fully saturated rings. The van der Waals surface area contributed by atoms with E-state index in [1.165, 1.54) is 0 Å². The second-order valence-corrected chi connectivity index (χ2v) is 8.45. The average Bonchev–Trinajstić information content (AvgIpc) is 3.41. The highest BCUT2D eigenvalue weighted by Crippen LogP contribution is 2.34. The summed E-state index contributed by atoms with van der Waals surface area (Å²) >= 11 is 0. The lowest BCUT2D eigenvalue weighted by Gasteiger charge is -2.16. The van der Waals surface area contributed by atoms with Crippen molar-refractivity contribution in [2.45, 2.75) is 31.4 Å². The number of halogens is 2. The first kappa shape index (κ1) is 21.7. The van der Waals surface area contributed by atoms with Crippen LogP contribution in [0, 0.1) is 6.57 Å². The number of aromatic nitrogens is 2. The lowest BCUT2D eigenvalue weighted by Crippen LogP contribution is -2.35. The normalized spacial score (nSPS) is 17.2. The van der Waals surface area contributed by atoms with Gasteiger partial charge in [0.2, 0.25) is 5.91 Å². The third-order valence-electron chi connectivity index (χ3n) is 6.22. The fourth-order valence-electron chi connectivity index (χ4n) is 4.53. The van der Waals surface area contributed by atoms with Crippen molar-refractivity contribution >= 4 is 33.5 Å². The van der Waals surface area contributed by atoms with Crippen LogP contribution in [0.4, 0.5) is 8.78 Å². The molecule has 0 aliphatic carbocycles. The number of amides is 1. The molecule has 1 atom stereocenters. The maximum Gasteiger partial charge on any atom is 0.306 e. The molecule has 4 aromatic rings. The Hall–Kier alpha value is -4.12. The van der Waals surface area contributed by atoms with E-state index in [-0.39, 0.29) is 18.6 Å². The summed E-state index contributed by atoms with van der Waals surface area (Å²) in [4.78, 5) is 37.2. The Bertz CT molecular complexity index is 1470. The number of hydrogen-bond acceptors (Lipinski definition) is 3. The van der Waals surface area contributed by atoms with Gasteiger partial charge in [-0.2, -0.15) is 0 Å². The first-order valence-electron chi connectivity index (χ1n) is 10.9. The zero-order chi connectivity index (χ0) is 23.9. The van der Waals surface area contributed by atoms with Gasteiger partial charge in [0.15, 0.2) is 5.78 Å². The largest absolute Gasteiger partial charge is 0.361 e. The smallest absolute Gasteiger partial charge is 0.306 e. The molecule has 1 aliphatic rings. The molecule has 3 heterocycles. The molecule has 6 nitrogen and oxygen atoms in total. The molecular weight excluding hydrogens is 438 g/mol. The summed E-state index contributed by atoms with van der Waals surface area (Å²) in [6, 6.07) is 15.2. The molecular formula is C26H20F2N4O2. The summed E-state index contributed by atoms with van der Waals surface area (Å²) in [5.74, 6) is -3.96. The minimum Gasteiger partial charge on any atom is -0.361 e.